The van der Waals surface area contributed by atoms with Gasteiger partial charge in [0.2, 0.25) is 0 Å². The number of hydrogen-bond donors (Lipinski definition) is 1. The molecule has 0 aliphatic carbocycles. The molecule has 3 rings (SSSR count). The Morgan fingerprint density at radius 3 is 2.35 bits per heavy atom. The van der Waals surface area contributed by atoms with Gasteiger partial charge < -0.3 is 20.1 Å². The number of fused-ring (bicyclic) bond motifs is 1. The highest BCUT2D eigenvalue weighted by atomic mass is 19.1. The molecule has 0 atom stereocenters. The van der Waals surface area contributed by atoms with Crippen molar-refractivity contribution < 1.29 is 13.9 Å². The standard InChI is InChI=1S/C15H21NO2.C2H5F.CH5N/c1-2-8-16(7-1)9-3-4-13-5-6-14-15(12-13)18-11-10-17-14;1-2-3;1-2/h5-6,12H,1-4,7-11H2;2H2,1H3;2H2,1H3. The zero-order chi connectivity index (χ0) is 16.9. The first-order valence-corrected chi connectivity index (χ1v) is 8.58. The molecule has 2 aliphatic rings. The number of halogens is 1. The molecule has 0 saturated carbocycles. The van der Waals surface area contributed by atoms with Crippen LogP contribution in [0.4, 0.5) is 4.39 Å². The van der Waals surface area contributed by atoms with E-state index < -0.39 is 0 Å². The van der Waals surface area contributed by atoms with Crippen LogP contribution in [0, 0.1) is 0 Å². The van der Waals surface area contributed by atoms with E-state index in [2.05, 4.69) is 22.8 Å². The maximum atomic E-state index is 10.3. The van der Waals surface area contributed by atoms with Gasteiger partial charge in [-0.05, 0) is 77.0 Å². The SMILES string of the molecule is CCF.CN.c1cc2c(cc1CCCN1CCCC1)OCCO2. The van der Waals surface area contributed by atoms with Gasteiger partial charge in [-0.1, -0.05) is 6.07 Å². The second kappa shape index (κ2) is 12.1. The van der Waals surface area contributed by atoms with E-state index in [1.165, 1.54) is 58.4 Å². The van der Waals surface area contributed by atoms with Crippen LogP contribution in [0.15, 0.2) is 18.2 Å². The molecule has 1 aromatic carbocycles. The molecule has 1 saturated heterocycles. The van der Waals surface area contributed by atoms with Crippen LogP contribution in [-0.4, -0.2) is 51.5 Å². The number of rotatable bonds is 4. The van der Waals surface area contributed by atoms with Crippen molar-refractivity contribution in [3.63, 3.8) is 0 Å². The lowest BCUT2D eigenvalue weighted by Gasteiger charge is -2.19. The fourth-order valence-electron chi connectivity index (χ4n) is 2.76. The van der Waals surface area contributed by atoms with E-state index in [1.54, 1.807) is 0 Å². The molecule has 2 aliphatic heterocycles. The lowest BCUT2D eigenvalue weighted by atomic mass is 10.1. The van der Waals surface area contributed by atoms with Crippen LogP contribution in [0.1, 0.15) is 31.7 Å². The number of hydrogen-bond acceptors (Lipinski definition) is 4. The number of alkyl halides is 1. The second-order valence-corrected chi connectivity index (χ2v) is 5.40. The minimum atomic E-state index is -0.250. The van der Waals surface area contributed by atoms with E-state index in [4.69, 9.17) is 9.47 Å². The van der Waals surface area contributed by atoms with Gasteiger partial charge in [-0.2, -0.15) is 0 Å². The van der Waals surface area contributed by atoms with Crippen LogP contribution in [-0.2, 0) is 6.42 Å². The molecule has 1 aromatic rings. The van der Waals surface area contributed by atoms with Crippen molar-refractivity contribution in [1.29, 1.82) is 0 Å². The zero-order valence-electron chi connectivity index (χ0n) is 14.5. The van der Waals surface area contributed by atoms with Crippen LogP contribution >= 0.6 is 0 Å². The van der Waals surface area contributed by atoms with E-state index in [9.17, 15) is 4.39 Å². The molecule has 0 bridgehead atoms. The number of likely N-dealkylation sites (tertiary alicyclic amines) is 1. The lowest BCUT2D eigenvalue weighted by Crippen LogP contribution is -2.20. The summed E-state index contributed by atoms with van der Waals surface area (Å²) >= 11 is 0. The van der Waals surface area contributed by atoms with E-state index >= 15 is 0 Å². The van der Waals surface area contributed by atoms with Crippen LogP contribution in [0.25, 0.3) is 0 Å². The van der Waals surface area contributed by atoms with Gasteiger partial charge in [0.1, 0.15) is 13.2 Å². The Labute approximate surface area is 139 Å². The van der Waals surface area contributed by atoms with E-state index in [0.717, 1.165) is 17.9 Å². The normalized spacial score (nSPS) is 16.0. The summed E-state index contributed by atoms with van der Waals surface area (Å²) < 4.78 is 21.4. The van der Waals surface area contributed by atoms with E-state index in [-0.39, 0.29) is 6.67 Å². The highest BCUT2D eigenvalue weighted by Gasteiger charge is 2.13. The first-order valence-electron chi connectivity index (χ1n) is 8.58. The van der Waals surface area contributed by atoms with Crippen LogP contribution in [0.3, 0.4) is 0 Å². The summed E-state index contributed by atoms with van der Waals surface area (Å²) in [6.45, 7) is 6.36. The maximum absolute atomic E-state index is 10.3. The average Bonchev–Trinajstić information content (AvgIpc) is 3.11. The van der Waals surface area contributed by atoms with Crippen molar-refractivity contribution in [3.8, 4) is 11.5 Å². The molecule has 0 radical (unpaired) electrons. The van der Waals surface area contributed by atoms with Gasteiger partial charge in [0.05, 0.1) is 6.67 Å². The quantitative estimate of drug-likeness (QED) is 0.924. The van der Waals surface area contributed by atoms with Crippen molar-refractivity contribution >= 4 is 0 Å². The fraction of sp³-hybridized carbons (Fsp3) is 0.667. The summed E-state index contributed by atoms with van der Waals surface area (Å²) in [7, 11) is 1.50. The predicted molar refractivity (Wildman–Crippen MR) is 93.2 cm³/mol. The maximum Gasteiger partial charge on any atom is 0.161 e. The molecule has 132 valence electrons. The molecule has 0 aromatic heterocycles. The number of aryl methyl sites for hydroxylation is 1. The van der Waals surface area contributed by atoms with Gasteiger partial charge in [0.15, 0.2) is 11.5 Å². The lowest BCUT2D eigenvalue weighted by molar-refractivity contribution is 0.171. The summed E-state index contributed by atoms with van der Waals surface area (Å²) in [5, 5.41) is 0. The monoisotopic (exact) mass is 326 g/mol. The minimum absolute atomic E-state index is 0.250. The Kier molecular flexibility index (Phi) is 10.4. The third kappa shape index (κ3) is 7.18. The van der Waals surface area contributed by atoms with Crippen molar-refractivity contribution in [2.45, 2.75) is 32.6 Å². The van der Waals surface area contributed by atoms with Crippen LogP contribution in [0.5, 0.6) is 11.5 Å². The Morgan fingerprint density at radius 1 is 1.09 bits per heavy atom. The molecule has 1 fully saturated rings. The number of nitrogens with two attached hydrogens (primary N) is 1. The van der Waals surface area contributed by atoms with E-state index in [1.807, 2.05) is 6.07 Å². The molecule has 0 spiro atoms. The van der Waals surface area contributed by atoms with Crippen LogP contribution in [0.2, 0.25) is 0 Å². The number of nitrogens with zero attached hydrogens (tertiary/aromatic N) is 1. The minimum Gasteiger partial charge on any atom is -0.486 e. The summed E-state index contributed by atoms with van der Waals surface area (Å²) in [6, 6.07) is 6.34. The van der Waals surface area contributed by atoms with Crippen molar-refractivity contribution in [3.05, 3.63) is 23.8 Å². The molecule has 0 amide bonds. The molecular weight excluding hydrogens is 295 g/mol. The summed E-state index contributed by atoms with van der Waals surface area (Å²) in [5.41, 5.74) is 5.86. The Balaban J connectivity index is 0.000000477. The summed E-state index contributed by atoms with van der Waals surface area (Å²) in [6.07, 6.45) is 5.13. The molecule has 0 unspecified atom stereocenters. The first kappa shape index (κ1) is 19.7. The summed E-state index contributed by atoms with van der Waals surface area (Å²) in [5.74, 6) is 1.81. The largest absolute Gasteiger partial charge is 0.486 e. The van der Waals surface area contributed by atoms with Crippen molar-refractivity contribution in [2.24, 2.45) is 5.73 Å². The molecule has 5 heteroatoms. The Hall–Kier alpha value is -1.33. The third-order valence-electron chi connectivity index (χ3n) is 3.75. The highest BCUT2D eigenvalue weighted by molar-refractivity contribution is 5.43. The van der Waals surface area contributed by atoms with Crippen molar-refractivity contribution in [1.82, 2.24) is 4.90 Å². The third-order valence-corrected chi connectivity index (χ3v) is 3.75. The second-order valence-electron chi connectivity index (χ2n) is 5.40. The Bertz CT molecular complexity index is 423. The Morgan fingerprint density at radius 2 is 1.70 bits per heavy atom. The molecular formula is C18H31FN2O2. The van der Waals surface area contributed by atoms with Crippen molar-refractivity contribution in [2.75, 3.05) is 46.6 Å². The van der Waals surface area contributed by atoms with Gasteiger partial charge >= 0.3 is 0 Å². The number of benzene rings is 1. The number of ether oxygens (including phenoxy) is 2. The van der Waals surface area contributed by atoms with Gasteiger partial charge in [-0.3, -0.25) is 4.39 Å². The molecule has 2 N–H and O–H groups in total. The van der Waals surface area contributed by atoms with Gasteiger partial charge in [-0.25, -0.2) is 0 Å². The smallest absolute Gasteiger partial charge is 0.161 e. The molecule has 23 heavy (non-hydrogen) atoms. The molecule has 4 nitrogen and oxygen atoms in total. The summed E-state index contributed by atoms with van der Waals surface area (Å²) in [4.78, 5) is 2.57. The topological polar surface area (TPSA) is 47.7 Å². The van der Waals surface area contributed by atoms with Gasteiger partial charge in [0.25, 0.3) is 0 Å². The fourth-order valence-corrected chi connectivity index (χ4v) is 2.76. The van der Waals surface area contributed by atoms with Gasteiger partial charge in [-0.15, -0.1) is 0 Å². The van der Waals surface area contributed by atoms with Crippen LogP contribution < -0.4 is 15.2 Å². The highest BCUT2D eigenvalue weighted by Crippen LogP contribution is 2.31. The van der Waals surface area contributed by atoms with Gasteiger partial charge in [0, 0.05) is 0 Å². The molecule has 2 heterocycles. The van der Waals surface area contributed by atoms with E-state index in [0.29, 0.717) is 13.2 Å². The predicted octanol–water partition coefficient (Wildman–Crippen LogP) is 3.04. The first-order chi connectivity index (χ1) is 11.3. The average molecular weight is 326 g/mol. The zero-order valence-corrected chi connectivity index (χ0v) is 14.5.